The lowest BCUT2D eigenvalue weighted by atomic mass is 9.98. The molecule has 0 aromatic heterocycles. The van der Waals surface area contributed by atoms with Crippen molar-refractivity contribution >= 4 is 17.4 Å². The highest BCUT2D eigenvalue weighted by atomic mass is 35.5. The van der Waals surface area contributed by atoms with Crippen LogP contribution in [-0.2, 0) is 0 Å². The number of hydrogen-bond donors (Lipinski definition) is 0. The van der Waals surface area contributed by atoms with Gasteiger partial charge in [0.1, 0.15) is 0 Å². The first-order valence-corrected chi connectivity index (χ1v) is 5.08. The molecule has 0 N–H and O–H groups in total. The molecule has 4 heteroatoms. The Morgan fingerprint density at radius 3 is 2.67 bits per heavy atom. The summed E-state index contributed by atoms with van der Waals surface area (Å²) in [6.45, 7) is 1.57. The molecule has 0 amide bonds. The summed E-state index contributed by atoms with van der Waals surface area (Å²) in [6.07, 6.45) is -2.54. The van der Waals surface area contributed by atoms with Gasteiger partial charge in [0.25, 0.3) is 6.43 Å². The van der Waals surface area contributed by atoms with E-state index in [0.717, 1.165) is 0 Å². The molecule has 0 aliphatic rings. The maximum atomic E-state index is 12.7. The average Bonchev–Trinajstić information content (AvgIpc) is 2.17. The number of aryl methyl sites for hydroxylation is 1. The Balaban J connectivity index is 3.17. The number of alkyl halides is 3. The molecule has 1 rings (SSSR count). The van der Waals surface area contributed by atoms with Crippen LogP contribution in [0.1, 0.15) is 34.3 Å². The molecule has 0 bridgehead atoms. The van der Waals surface area contributed by atoms with Crippen LogP contribution >= 0.6 is 11.6 Å². The van der Waals surface area contributed by atoms with Gasteiger partial charge >= 0.3 is 0 Å². The summed E-state index contributed by atoms with van der Waals surface area (Å²) in [5.41, 5.74) is 0.351. The summed E-state index contributed by atoms with van der Waals surface area (Å²) >= 11 is 5.41. The van der Waals surface area contributed by atoms with E-state index in [9.17, 15) is 13.6 Å². The van der Waals surface area contributed by atoms with Crippen molar-refractivity contribution in [2.24, 2.45) is 0 Å². The minimum atomic E-state index is -2.62. The first kappa shape index (κ1) is 12.1. The van der Waals surface area contributed by atoms with Gasteiger partial charge in [-0.1, -0.05) is 18.2 Å². The molecule has 1 nitrogen and oxygen atoms in total. The summed E-state index contributed by atoms with van der Waals surface area (Å²) < 4.78 is 25.4. The third kappa shape index (κ3) is 2.75. The SMILES string of the molecule is Cc1cccc(C(=O)CCCl)c1C(F)F. The zero-order chi connectivity index (χ0) is 11.4. The van der Waals surface area contributed by atoms with Gasteiger partial charge in [-0.2, -0.15) is 0 Å². The Labute approximate surface area is 92.1 Å². The van der Waals surface area contributed by atoms with Crippen LogP contribution in [0.2, 0.25) is 0 Å². The molecule has 15 heavy (non-hydrogen) atoms. The van der Waals surface area contributed by atoms with Gasteiger partial charge in [-0.05, 0) is 12.5 Å². The van der Waals surface area contributed by atoms with Crippen molar-refractivity contribution in [2.45, 2.75) is 19.8 Å². The predicted molar refractivity (Wildman–Crippen MR) is 55.8 cm³/mol. The monoisotopic (exact) mass is 232 g/mol. The first-order chi connectivity index (χ1) is 7.07. The Hall–Kier alpha value is -0.960. The molecular weight excluding hydrogens is 222 g/mol. The van der Waals surface area contributed by atoms with Crippen LogP contribution in [0.4, 0.5) is 8.78 Å². The molecule has 1 aromatic carbocycles. The molecule has 0 saturated carbocycles. The number of hydrogen-bond acceptors (Lipinski definition) is 1. The van der Waals surface area contributed by atoms with Gasteiger partial charge in [0.2, 0.25) is 0 Å². The quantitative estimate of drug-likeness (QED) is 0.571. The summed E-state index contributed by atoms with van der Waals surface area (Å²) in [5, 5.41) is 0. The highest BCUT2D eigenvalue weighted by molar-refractivity contribution is 6.19. The van der Waals surface area contributed by atoms with E-state index in [1.54, 1.807) is 19.1 Å². The molecule has 0 heterocycles. The molecule has 0 atom stereocenters. The molecule has 1 aromatic rings. The van der Waals surface area contributed by atoms with E-state index in [-0.39, 0.29) is 29.2 Å². The minimum absolute atomic E-state index is 0.0880. The summed E-state index contributed by atoms with van der Waals surface area (Å²) in [4.78, 5) is 11.5. The van der Waals surface area contributed by atoms with Crippen molar-refractivity contribution in [3.8, 4) is 0 Å². The zero-order valence-electron chi connectivity index (χ0n) is 8.27. The second-order valence-corrected chi connectivity index (χ2v) is 3.58. The van der Waals surface area contributed by atoms with Gasteiger partial charge < -0.3 is 0 Å². The fourth-order valence-electron chi connectivity index (χ4n) is 1.43. The number of ketones is 1. The van der Waals surface area contributed by atoms with Gasteiger partial charge in [-0.25, -0.2) is 8.78 Å². The highest BCUT2D eigenvalue weighted by Crippen LogP contribution is 2.27. The van der Waals surface area contributed by atoms with Gasteiger partial charge in [0.05, 0.1) is 0 Å². The molecule has 0 aliphatic heterocycles. The van der Waals surface area contributed by atoms with Crippen molar-refractivity contribution in [1.29, 1.82) is 0 Å². The number of rotatable bonds is 4. The zero-order valence-corrected chi connectivity index (χ0v) is 9.02. The fourth-order valence-corrected chi connectivity index (χ4v) is 1.61. The number of carbonyl (C=O) groups excluding carboxylic acids is 1. The number of benzene rings is 1. The van der Waals surface area contributed by atoms with Crippen LogP contribution in [0.25, 0.3) is 0 Å². The highest BCUT2D eigenvalue weighted by Gasteiger charge is 2.19. The van der Waals surface area contributed by atoms with E-state index < -0.39 is 6.43 Å². The molecular formula is C11H11ClF2O. The average molecular weight is 233 g/mol. The fraction of sp³-hybridized carbons (Fsp3) is 0.364. The van der Waals surface area contributed by atoms with Crippen molar-refractivity contribution in [3.63, 3.8) is 0 Å². The van der Waals surface area contributed by atoms with E-state index in [1.165, 1.54) is 6.07 Å². The summed E-state index contributed by atoms with van der Waals surface area (Å²) in [7, 11) is 0. The molecule has 0 saturated heterocycles. The molecule has 0 radical (unpaired) electrons. The second kappa shape index (κ2) is 5.21. The number of halogens is 3. The lowest BCUT2D eigenvalue weighted by Gasteiger charge is -2.10. The van der Waals surface area contributed by atoms with Crippen molar-refractivity contribution < 1.29 is 13.6 Å². The van der Waals surface area contributed by atoms with E-state index in [0.29, 0.717) is 5.56 Å². The third-order valence-electron chi connectivity index (χ3n) is 2.16. The molecule has 0 unspecified atom stereocenters. The third-order valence-corrected chi connectivity index (χ3v) is 2.35. The van der Waals surface area contributed by atoms with E-state index in [1.807, 2.05) is 0 Å². The lowest BCUT2D eigenvalue weighted by Crippen LogP contribution is -2.06. The van der Waals surface area contributed by atoms with Crippen LogP contribution in [0.3, 0.4) is 0 Å². The topological polar surface area (TPSA) is 17.1 Å². The maximum absolute atomic E-state index is 12.7. The van der Waals surface area contributed by atoms with Gasteiger partial charge in [-0.15, -0.1) is 11.6 Å². The Bertz CT molecular complexity index is 364. The standard InChI is InChI=1S/C11H11ClF2O/c1-7-3-2-4-8(9(15)5-6-12)10(7)11(13)14/h2-4,11H,5-6H2,1H3. The van der Waals surface area contributed by atoms with E-state index >= 15 is 0 Å². The van der Waals surface area contributed by atoms with Crippen LogP contribution in [0.15, 0.2) is 18.2 Å². The van der Waals surface area contributed by atoms with E-state index in [2.05, 4.69) is 0 Å². The molecule has 0 fully saturated rings. The van der Waals surface area contributed by atoms with Crippen molar-refractivity contribution in [3.05, 3.63) is 34.9 Å². The smallest absolute Gasteiger partial charge is 0.264 e. The van der Waals surface area contributed by atoms with Crippen molar-refractivity contribution in [2.75, 3.05) is 5.88 Å². The van der Waals surface area contributed by atoms with Crippen LogP contribution in [0, 0.1) is 6.92 Å². The summed E-state index contributed by atoms with van der Waals surface area (Å²) in [5.74, 6) is -0.181. The maximum Gasteiger partial charge on any atom is 0.264 e. The molecule has 0 spiro atoms. The van der Waals surface area contributed by atoms with Gasteiger partial charge in [0, 0.05) is 23.4 Å². The second-order valence-electron chi connectivity index (χ2n) is 3.20. The van der Waals surface area contributed by atoms with Crippen molar-refractivity contribution in [1.82, 2.24) is 0 Å². The lowest BCUT2D eigenvalue weighted by molar-refractivity contribution is 0.0974. The Kier molecular flexibility index (Phi) is 4.21. The number of Topliss-reactive ketones (excluding diaryl/α,β-unsaturated/α-hetero) is 1. The molecule has 82 valence electrons. The predicted octanol–water partition coefficient (Wildman–Crippen LogP) is 3.74. The Morgan fingerprint density at radius 1 is 1.47 bits per heavy atom. The molecule has 0 aliphatic carbocycles. The van der Waals surface area contributed by atoms with E-state index in [4.69, 9.17) is 11.6 Å². The first-order valence-electron chi connectivity index (χ1n) is 4.54. The van der Waals surface area contributed by atoms with Crippen LogP contribution in [-0.4, -0.2) is 11.7 Å². The van der Waals surface area contributed by atoms with Crippen LogP contribution < -0.4 is 0 Å². The largest absolute Gasteiger partial charge is 0.294 e. The minimum Gasteiger partial charge on any atom is -0.294 e. The Morgan fingerprint density at radius 2 is 2.13 bits per heavy atom. The van der Waals surface area contributed by atoms with Gasteiger partial charge in [-0.3, -0.25) is 4.79 Å². The van der Waals surface area contributed by atoms with Gasteiger partial charge in [0.15, 0.2) is 5.78 Å². The summed E-state index contributed by atoms with van der Waals surface area (Å²) in [6, 6.07) is 4.59. The number of carbonyl (C=O) groups is 1. The normalized spacial score (nSPS) is 10.7. The van der Waals surface area contributed by atoms with Crippen LogP contribution in [0.5, 0.6) is 0 Å².